The molecule has 1 aliphatic rings. The molecule has 0 aliphatic carbocycles. The number of hydrogen-bond acceptors (Lipinski definition) is 2. The Morgan fingerprint density at radius 1 is 1.18 bits per heavy atom. The minimum absolute atomic E-state index is 0.183. The predicted molar refractivity (Wildman–Crippen MR) is 72.8 cm³/mol. The van der Waals surface area contributed by atoms with Gasteiger partial charge in [0.15, 0.2) is 0 Å². The molecule has 0 radical (unpaired) electrons. The average Bonchev–Trinajstić information content (AvgIpc) is 2.67. The van der Waals surface area contributed by atoms with Crippen LogP contribution in [0.25, 0.3) is 0 Å². The van der Waals surface area contributed by atoms with Crippen LogP contribution in [0.4, 0.5) is 0 Å². The van der Waals surface area contributed by atoms with E-state index >= 15 is 0 Å². The van der Waals surface area contributed by atoms with Gasteiger partial charge in [0.2, 0.25) is 0 Å². The maximum atomic E-state index is 6.22. The van der Waals surface area contributed by atoms with Gasteiger partial charge in [0.25, 0.3) is 0 Å². The average molecular weight is 232 g/mol. The number of nitrogens with two attached hydrogens (primary N) is 1. The molecule has 0 bridgehead atoms. The molecule has 17 heavy (non-hydrogen) atoms. The molecule has 2 N–H and O–H groups in total. The normalized spacial score (nSPS) is 27.2. The lowest BCUT2D eigenvalue weighted by atomic mass is 10.0. The van der Waals surface area contributed by atoms with Crippen LogP contribution in [0.15, 0.2) is 30.3 Å². The first-order valence-corrected chi connectivity index (χ1v) is 6.69. The summed E-state index contributed by atoms with van der Waals surface area (Å²) in [4.78, 5) is 2.55. The Balaban J connectivity index is 1.79. The smallest absolute Gasteiger partial charge is 0.0307 e. The lowest BCUT2D eigenvalue weighted by molar-refractivity contribution is 0.309. The third-order valence-electron chi connectivity index (χ3n) is 4.05. The maximum Gasteiger partial charge on any atom is 0.0307 e. The largest absolute Gasteiger partial charge is 0.324 e. The molecule has 1 heterocycles. The monoisotopic (exact) mass is 232 g/mol. The molecule has 1 fully saturated rings. The van der Waals surface area contributed by atoms with Crippen LogP contribution in [0, 0.1) is 11.8 Å². The highest BCUT2D eigenvalue weighted by atomic mass is 15.1. The van der Waals surface area contributed by atoms with E-state index in [0.717, 1.165) is 24.8 Å². The van der Waals surface area contributed by atoms with Crippen LogP contribution in [0.1, 0.15) is 31.9 Å². The zero-order valence-corrected chi connectivity index (χ0v) is 11.0. The van der Waals surface area contributed by atoms with Crippen molar-refractivity contribution in [3.63, 3.8) is 0 Å². The number of hydrogen-bond donors (Lipinski definition) is 1. The molecule has 3 unspecified atom stereocenters. The fourth-order valence-electron chi connectivity index (χ4n) is 2.62. The van der Waals surface area contributed by atoms with Gasteiger partial charge in [0.1, 0.15) is 0 Å². The van der Waals surface area contributed by atoms with Crippen LogP contribution in [0.2, 0.25) is 0 Å². The Labute approximate surface area is 105 Å². The summed E-state index contributed by atoms with van der Waals surface area (Å²) >= 11 is 0. The SMILES string of the molecule is CC1CN(CCC(N)c2ccccc2)CC1C. The molecule has 0 spiro atoms. The lowest BCUT2D eigenvalue weighted by Crippen LogP contribution is -2.25. The zero-order chi connectivity index (χ0) is 12.3. The summed E-state index contributed by atoms with van der Waals surface area (Å²) in [6, 6.07) is 10.6. The Bertz CT molecular complexity index is 326. The van der Waals surface area contributed by atoms with Crippen LogP contribution >= 0.6 is 0 Å². The molecule has 2 heteroatoms. The first-order valence-electron chi connectivity index (χ1n) is 6.69. The summed E-state index contributed by atoms with van der Waals surface area (Å²) in [6.45, 7) is 8.31. The highest BCUT2D eigenvalue weighted by molar-refractivity contribution is 5.18. The quantitative estimate of drug-likeness (QED) is 0.864. The van der Waals surface area contributed by atoms with Gasteiger partial charge in [0.05, 0.1) is 0 Å². The second-order valence-electron chi connectivity index (χ2n) is 5.52. The van der Waals surface area contributed by atoms with Gasteiger partial charge in [-0.25, -0.2) is 0 Å². The van der Waals surface area contributed by atoms with E-state index in [1.165, 1.54) is 18.7 Å². The van der Waals surface area contributed by atoms with Crippen molar-refractivity contribution in [2.24, 2.45) is 17.6 Å². The molecule has 0 saturated carbocycles. The van der Waals surface area contributed by atoms with Crippen molar-refractivity contribution in [3.8, 4) is 0 Å². The van der Waals surface area contributed by atoms with E-state index in [1.54, 1.807) is 0 Å². The third kappa shape index (κ3) is 3.30. The second-order valence-corrected chi connectivity index (χ2v) is 5.52. The van der Waals surface area contributed by atoms with Crippen molar-refractivity contribution < 1.29 is 0 Å². The molecule has 2 nitrogen and oxygen atoms in total. The van der Waals surface area contributed by atoms with E-state index in [4.69, 9.17) is 5.73 Å². The lowest BCUT2D eigenvalue weighted by Gasteiger charge is -2.18. The van der Waals surface area contributed by atoms with Crippen molar-refractivity contribution in [1.29, 1.82) is 0 Å². The Hall–Kier alpha value is -0.860. The summed E-state index contributed by atoms with van der Waals surface area (Å²) in [5, 5.41) is 0. The van der Waals surface area contributed by atoms with Crippen LogP contribution < -0.4 is 5.73 Å². The molecule has 0 amide bonds. The van der Waals surface area contributed by atoms with Gasteiger partial charge in [0, 0.05) is 19.1 Å². The zero-order valence-electron chi connectivity index (χ0n) is 11.0. The maximum absolute atomic E-state index is 6.22. The van der Waals surface area contributed by atoms with Crippen molar-refractivity contribution in [2.75, 3.05) is 19.6 Å². The van der Waals surface area contributed by atoms with Crippen molar-refractivity contribution in [3.05, 3.63) is 35.9 Å². The third-order valence-corrected chi connectivity index (χ3v) is 4.05. The molecule has 2 rings (SSSR count). The van der Waals surface area contributed by atoms with Crippen molar-refractivity contribution >= 4 is 0 Å². The Morgan fingerprint density at radius 3 is 2.35 bits per heavy atom. The molecule has 3 atom stereocenters. The molecule has 1 aliphatic heterocycles. The summed E-state index contributed by atoms with van der Waals surface area (Å²) in [6.07, 6.45) is 1.06. The number of rotatable bonds is 4. The van der Waals surface area contributed by atoms with E-state index in [-0.39, 0.29) is 6.04 Å². The second kappa shape index (κ2) is 5.65. The van der Waals surface area contributed by atoms with Gasteiger partial charge in [-0.15, -0.1) is 0 Å². The molecule has 1 saturated heterocycles. The van der Waals surface area contributed by atoms with Gasteiger partial charge < -0.3 is 10.6 Å². The van der Waals surface area contributed by atoms with E-state index in [2.05, 4.69) is 43.0 Å². The highest BCUT2D eigenvalue weighted by Crippen LogP contribution is 2.23. The minimum Gasteiger partial charge on any atom is -0.324 e. The predicted octanol–water partition coefficient (Wildman–Crippen LogP) is 2.66. The molecular formula is C15H24N2. The van der Waals surface area contributed by atoms with Crippen LogP contribution in [-0.4, -0.2) is 24.5 Å². The summed E-state index contributed by atoms with van der Waals surface area (Å²) < 4.78 is 0. The van der Waals surface area contributed by atoms with Gasteiger partial charge >= 0.3 is 0 Å². The van der Waals surface area contributed by atoms with E-state index < -0.39 is 0 Å². The van der Waals surface area contributed by atoms with Crippen LogP contribution in [0.5, 0.6) is 0 Å². The fraction of sp³-hybridized carbons (Fsp3) is 0.600. The van der Waals surface area contributed by atoms with Crippen LogP contribution in [0.3, 0.4) is 0 Å². The minimum atomic E-state index is 0.183. The van der Waals surface area contributed by atoms with Crippen LogP contribution in [-0.2, 0) is 0 Å². The summed E-state index contributed by atoms with van der Waals surface area (Å²) in [5.74, 6) is 1.67. The van der Waals surface area contributed by atoms with Gasteiger partial charge in [-0.2, -0.15) is 0 Å². The first kappa shape index (κ1) is 12.6. The van der Waals surface area contributed by atoms with Gasteiger partial charge in [-0.05, 0) is 30.4 Å². The number of benzene rings is 1. The Kier molecular flexibility index (Phi) is 4.19. The van der Waals surface area contributed by atoms with Crippen molar-refractivity contribution in [1.82, 2.24) is 4.90 Å². The highest BCUT2D eigenvalue weighted by Gasteiger charge is 2.25. The summed E-state index contributed by atoms with van der Waals surface area (Å²) in [7, 11) is 0. The fourth-order valence-corrected chi connectivity index (χ4v) is 2.62. The molecule has 94 valence electrons. The van der Waals surface area contributed by atoms with Gasteiger partial charge in [-0.3, -0.25) is 0 Å². The van der Waals surface area contributed by atoms with Crippen molar-refractivity contribution in [2.45, 2.75) is 26.3 Å². The number of nitrogens with zero attached hydrogens (tertiary/aromatic N) is 1. The molecule has 0 aromatic heterocycles. The first-order chi connectivity index (χ1) is 8.16. The molecule has 1 aromatic rings. The topological polar surface area (TPSA) is 29.3 Å². The Morgan fingerprint density at radius 2 is 1.76 bits per heavy atom. The molecular weight excluding hydrogens is 208 g/mol. The standard InChI is InChI=1S/C15H24N2/c1-12-10-17(11-13(12)2)9-8-15(16)14-6-4-3-5-7-14/h3-7,12-13,15H,8-11,16H2,1-2H3. The van der Waals surface area contributed by atoms with E-state index in [9.17, 15) is 0 Å². The van der Waals surface area contributed by atoms with E-state index in [1.807, 2.05) is 6.07 Å². The number of likely N-dealkylation sites (tertiary alicyclic amines) is 1. The van der Waals surface area contributed by atoms with Gasteiger partial charge in [-0.1, -0.05) is 44.2 Å². The summed E-state index contributed by atoms with van der Waals surface area (Å²) in [5.41, 5.74) is 7.47. The van der Waals surface area contributed by atoms with E-state index in [0.29, 0.717) is 0 Å². The molecule has 1 aromatic carbocycles.